The Bertz CT molecular complexity index is 811. The summed E-state index contributed by atoms with van der Waals surface area (Å²) in [7, 11) is 1.68. The number of anilines is 2. The van der Waals surface area contributed by atoms with E-state index in [1.165, 1.54) is 11.3 Å². The number of ether oxygens (including phenoxy) is 1. The molecule has 0 N–H and O–H groups in total. The third kappa shape index (κ3) is 1.83. The second kappa shape index (κ2) is 4.74. The van der Waals surface area contributed by atoms with Crippen LogP contribution in [-0.2, 0) is 6.42 Å². The molecule has 0 saturated heterocycles. The maximum atomic E-state index is 5.51. The number of benzene rings is 2. The average Bonchev–Trinajstić information content (AvgIpc) is 2.97. The minimum absolute atomic E-state index is 0.812. The highest BCUT2D eigenvalue weighted by Gasteiger charge is 2.23. The van der Waals surface area contributed by atoms with E-state index in [4.69, 9.17) is 4.74 Å². The summed E-state index contributed by atoms with van der Waals surface area (Å²) in [6.45, 7) is 0.934. The molecule has 0 fully saturated rings. The van der Waals surface area contributed by atoms with E-state index in [1.54, 1.807) is 13.4 Å². The zero-order valence-electron chi connectivity index (χ0n) is 11.8. The Morgan fingerprint density at radius 3 is 2.86 bits per heavy atom. The lowest BCUT2D eigenvalue weighted by molar-refractivity contribution is 0.419. The van der Waals surface area contributed by atoms with Gasteiger partial charge >= 0.3 is 0 Å². The van der Waals surface area contributed by atoms with Gasteiger partial charge in [-0.25, -0.2) is 9.97 Å². The number of fused-ring (bicyclic) bond motifs is 2. The van der Waals surface area contributed by atoms with E-state index in [0.717, 1.165) is 35.4 Å². The average molecular weight is 277 g/mol. The van der Waals surface area contributed by atoms with Gasteiger partial charge in [0.2, 0.25) is 0 Å². The van der Waals surface area contributed by atoms with Crippen LogP contribution >= 0.6 is 0 Å². The maximum absolute atomic E-state index is 5.51. The Morgan fingerprint density at radius 1 is 1.05 bits per heavy atom. The summed E-state index contributed by atoms with van der Waals surface area (Å²) >= 11 is 0. The Labute approximate surface area is 123 Å². The molecule has 3 aromatic rings. The number of aromatic nitrogens is 2. The van der Waals surface area contributed by atoms with Gasteiger partial charge in [0.15, 0.2) is 0 Å². The van der Waals surface area contributed by atoms with Crippen LogP contribution in [0.3, 0.4) is 0 Å². The van der Waals surface area contributed by atoms with Crippen molar-refractivity contribution in [2.45, 2.75) is 6.42 Å². The van der Waals surface area contributed by atoms with Crippen molar-refractivity contribution in [1.82, 2.24) is 9.97 Å². The van der Waals surface area contributed by atoms with Crippen molar-refractivity contribution in [2.75, 3.05) is 18.6 Å². The number of methoxy groups -OCH3 is 1. The Hall–Kier alpha value is -2.62. The van der Waals surface area contributed by atoms with Crippen LogP contribution in [0.2, 0.25) is 0 Å². The van der Waals surface area contributed by atoms with E-state index in [2.05, 4.69) is 39.1 Å². The molecule has 0 spiro atoms. The van der Waals surface area contributed by atoms with Crippen molar-refractivity contribution in [3.05, 3.63) is 54.4 Å². The van der Waals surface area contributed by atoms with Crippen molar-refractivity contribution < 1.29 is 4.74 Å². The van der Waals surface area contributed by atoms with Gasteiger partial charge in [0.05, 0.1) is 18.0 Å². The van der Waals surface area contributed by atoms with Gasteiger partial charge in [0.25, 0.3) is 0 Å². The molecule has 1 aliphatic heterocycles. The second-order valence-corrected chi connectivity index (χ2v) is 5.08. The predicted octanol–water partition coefficient (Wildman–Crippen LogP) is 3.33. The molecule has 104 valence electrons. The van der Waals surface area contributed by atoms with Crippen molar-refractivity contribution in [1.29, 1.82) is 0 Å². The first kappa shape index (κ1) is 12.1. The molecule has 0 atom stereocenters. The molecular formula is C17H15N3O. The lowest BCUT2D eigenvalue weighted by Gasteiger charge is -2.20. The van der Waals surface area contributed by atoms with Crippen LogP contribution in [0.15, 0.2) is 48.8 Å². The van der Waals surface area contributed by atoms with Crippen molar-refractivity contribution in [3.8, 4) is 5.75 Å². The van der Waals surface area contributed by atoms with Crippen LogP contribution in [-0.4, -0.2) is 23.6 Å². The molecule has 1 aromatic heterocycles. The molecule has 4 nitrogen and oxygen atoms in total. The summed E-state index contributed by atoms with van der Waals surface area (Å²) in [6.07, 6.45) is 2.66. The number of para-hydroxylation sites is 1. The third-order valence-corrected chi connectivity index (χ3v) is 3.97. The van der Waals surface area contributed by atoms with Gasteiger partial charge in [0, 0.05) is 12.2 Å². The van der Waals surface area contributed by atoms with Crippen LogP contribution in [0.4, 0.5) is 11.5 Å². The number of hydrogen-bond donors (Lipinski definition) is 0. The van der Waals surface area contributed by atoms with Gasteiger partial charge in [-0.2, -0.15) is 0 Å². The number of rotatable bonds is 2. The Balaban J connectivity index is 1.96. The monoisotopic (exact) mass is 277 g/mol. The summed E-state index contributed by atoms with van der Waals surface area (Å²) in [6, 6.07) is 14.4. The molecule has 0 saturated carbocycles. The van der Waals surface area contributed by atoms with E-state index in [1.807, 2.05) is 18.2 Å². The van der Waals surface area contributed by atoms with Gasteiger partial charge in [-0.3, -0.25) is 0 Å². The lowest BCUT2D eigenvalue weighted by atomic mass is 10.1. The molecule has 0 aliphatic carbocycles. The third-order valence-electron chi connectivity index (χ3n) is 3.97. The molecule has 4 rings (SSSR count). The van der Waals surface area contributed by atoms with Gasteiger partial charge in [-0.05, 0) is 30.2 Å². The fraction of sp³-hybridized carbons (Fsp3) is 0.176. The smallest absolute Gasteiger partial charge is 0.148 e. The first-order valence-corrected chi connectivity index (χ1v) is 7.01. The highest BCUT2D eigenvalue weighted by atomic mass is 16.5. The molecule has 0 bridgehead atoms. The van der Waals surface area contributed by atoms with E-state index in [0.29, 0.717) is 0 Å². The summed E-state index contributed by atoms with van der Waals surface area (Å²) < 4.78 is 5.51. The highest BCUT2D eigenvalue weighted by molar-refractivity contribution is 5.97. The summed E-state index contributed by atoms with van der Waals surface area (Å²) in [4.78, 5) is 11.1. The van der Waals surface area contributed by atoms with Gasteiger partial charge in [-0.1, -0.05) is 24.3 Å². The van der Waals surface area contributed by atoms with E-state index >= 15 is 0 Å². The minimum Gasteiger partial charge on any atom is -0.496 e. The number of nitrogens with zero attached hydrogens (tertiary/aromatic N) is 3. The summed E-state index contributed by atoms with van der Waals surface area (Å²) in [5.41, 5.74) is 3.49. The Kier molecular flexibility index (Phi) is 2.74. The molecule has 0 unspecified atom stereocenters. The van der Waals surface area contributed by atoms with E-state index < -0.39 is 0 Å². The SMILES string of the molecule is COc1cccc2ncnc(N3CCc4ccccc43)c12. The largest absolute Gasteiger partial charge is 0.496 e. The summed E-state index contributed by atoms with van der Waals surface area (Å²) in [5.74, 6) is 1.73. The molecule has 4 heteroatoms. The van der Waals surface area contributed by atoms with E-state index in [-0.39, 0.29) is 0 Å². The first-order chi connectivity index (χ1) is 10.4. The molecule has 1 aliphatic rings. The topological polar surface area (TPSA) is 38.3 Å². The zero-order valence-corrected chi connectivity index (χ0v) is 11.8. The molecule has 2 heterocycles. The lowest BCUT2D eigenvalue weighted by Crippen LogP contribution is -2.15. The fourth-order valence-electron chi connectivity index (χ4n) is 3.00. The van der Waals surface area contributed by atoms with Gasteiger partial charge < -0.3 is 9.64 Å². The molecular weight excluding hydrogens is 262 g/mol. The van der Waals surface area contributed by atoms with Crippen LogP contribution in [0.5, 0.6) is 5.75 Å². The predicted molar refractivity (Wildman–Crippen MR) is 83.2 cm³/mol. The quantitative estimate of drug-likeness (QED) is 0.720. The molecule has 0 radical (unpaired) electrons. The van der Waals surface area contributed by atoms with Crippen LogP contribution in [0, 0.1) is 0 Å². The van der Waals surface area contributed by atoms with Crippen LogP contribution in [0.25, 0.3) is 10.9 Å². The second-order valence-electron chi connectivity index (χ2n) is 5.08. The maximum Gasteiger partial charge on any atom is 0.148 e. The Morgan fingerprint density at radius 2 is 1.95 bits per heavy atom. The number of hydrogen-bond acceptors (Lipinski definition) is 4. The first-order valence-electron chi connectivity index (χ1n) is 7.01. The van der Waals surface area contributed by atoms with Crippen LogP contribution < -0.4 is 9.64 Å². The van der Waals surface area contributed by atoms with Crippen molar-refractivity contribution >= 4 is 22.4 Å². The standard InChI is InChI=1S/C17H15N3O/c1-21-15-8-4-6-13-16(15)17(19-11-18-13)20-10-9-12-5-2-3-7-14(12)20/h2-8,11H,9-10H2,1H3. The fourth-order valence-corrected chi connectivity index (χ4v) is 3.00. The normalized spacial score (nSPS) is 13.5. The minimum atomic E-state index is 0.812. The molecule has 21 heavy (non-hydrogen) atoms. The molecule has 0 amide bonds. The summed E-state index contributed by atoms with van der Waals surface area (Å²) in [5, 5.41) is 0.971. The van der Waals surface area contributed by atoms with Crippen molar-refractivity contribution in [2.24, 2.45) is 0 Å². The van der Waals surface area contributed by atoms with Crippen LogP contribution in [0.1, 0.15) is 5.56 Å². The van der Waals surface area contributed by atoms with Crippen molar-refractivity contribution in [3.63, 3.8) is 0 Å². The van der Waals surface area contributed by atoms with Gasteiger partial charge in [-0.15, -0.1) is 0 Å². The van der Waals surface area contributed by atoms with Gasteiger partial charge in [0.1, 0.15) is 17.9 Å². The molecule has 2 aromatic carbocycles. The zero-order chi connectivity index (χ0) is 14.2. The van der Waals surface area contributed by atoms with E-state index in [9.17, 15) is 0 Å². The highest BCUT2D eigenvalue weighted by Crippen LogP contribution is 2.39.